The predicted octanol–water partition coefficient (Wildman–Crippen LogP) is 5.59. The van der Waals surface area contributed by atoms with Crippen LogP contribution in [0.4, 0.5) is 0 Å². The number of hydrogen-bond donors (Lipinski definition) is 0. The topological polar surface area (TPSA) is 29.5 Å². The maximum Gasteiger partial charge on any atom is 0.333 e. The number of carbonyl (C=O) groups is 1. The van der Waals surface area contributed by atoms with Crippen molar-refractivity contribution >= 4 is 5.97 Å². The van der Waals surface area contributed by atoms with E-state index in [0.29, 0.717) is 12.2 Å². The zero-order chi connectivity index (χ0) is 17.9. The van der Waals surface area contributed by atoms with E-state index in [-0.39, 0.29) is 5.97 Å². The maximum absolute atomic E-state index is 10.4. The van der Waals surface area contributed by atoms with Crippen LogP contribution in [-0.4, -0.2) is 38.1 Å². The fraction of sp³-hybridized carbons (Fsp3) is 0.850. The zero-order valence-corrected chi connectivity index (χ0v) is 16.5. The number of unbranched alkanes of at least 4 members (excludes halogenated alkanes) is 9. The number of rotatable bonds is 13. The molecule has 0 atom stereocenters. The Balaban J connectivity index is 0. The van der Waals surface area contributed by atoms with Gasteiger partial charge in [0.2, 0.25) is 0 Å². The van der Waals surface area contributed by atoms with Crippen LogP contribution in [0.25, 0.3) is 0 Å². The van der Waals surface area contributed by atoms with E-state index in [2.05, 4.69) is 37.2 Å². The molecule has 0 heterocycles. The summed E-state index contributed by atoms with van der Waals surface area (Å²) in [5.74, 6) is -0.312. The molecule has 0 aromatic heterocycles. The molecule has 3 heteroatoms. The third kappa shape index (κ3) is 23.6. The van der Waals surface area contributed by atoms with E-state index in [1.54, 1.807) is 13.8 Å². The second-order valence-corrected chi connectivity index (χ2v) is 6.49. The summed E-state index contributed by atoms with van der Waals surface area (Å²) in [4.78, 5) is 12.7. The van der Waals surface area contributed by atoms with Crippen molar-refractivity contribution in [3.05, 3.63) is 12.2 Å². The van der Waals surface area contributed by atoms with Crippen LogP contribution in [0.1, 0.15) is 85.0 Å². The van der Waals surface area contributed by atoms with Crippen molar-refractivity contribution in [2.75, 3.05) is 27.2 Å². The highest BCUT2D eigenvalue weighted by atomic mass is 16.5. The first-order chi connectivity index (χ1) is 11.0. The number of nitrogens with zero attached hydrogens (tertiary/aromatic N) is 1. The second kappa shape index (κ2) is 19.2. The molecule has 0 N–H and O–H groups in total. The lowest BCUT2D eigenvalue weighted by Crippen LogP contribution is -2.12. The van der Waals surface area contributed by atoms with Gasteiger partial charge in [0, 0.05) is 5.57 Å². The van der Waals surface area contributed by atoms with Crippen LogP contribution in [0.5, 0.6) is 0 Å². The van der Waals surface area contributed by atoms with Gasteiger partial charge in [0.15, 0.2) is 0 Å². The summed E-state index contributed by atoms with van der Waals surface area (Å²) in [6, 6.07) is 0. The quantitative estimate of drug-likeness (QED) is 0.251. The average molecular weight is 328 g/mol. The Kier molecular flexibility index (Phi) is 20.4. The van der Waals surface area contributed by atoms with Gasteiger partial charge in [-0.2, -0.15) is 0 Å². The molecule has 0 aromatic carbocycles. The van der Waals surface area contributed by atoms with Crippen molar-refractivity contribution in [3.63, 3.8) is 0 Å². The monoisotopic (exact) mass is 327 g/mol. The highest BCUT2D eigenvalue weighted by Gasteiger charge is 1.98. The van der Waals surface area contributed by atoms with Crippen LogP contribution in [0.2, 0.25) is 0 Å². The Hall–Kier alpha value is -0.830. The zero-order valence-electron chi connectivity index (χ0n) is 16.5. The van der Waals surface area contributed by atoms with Crippen molar-refractivity contribution < 1.29 is 9.53 Å². The van der Waals surface area contributed by atoms with E-state index in [1.807, 2.05) is 0 Å². The fourth-order valence-electron chi connectivity index (χ4n) is 2.17. The van der Waals surface area contributed by atoms with E-state index in [4.69, 9.17) is 0 Å². The molecule has 0 saturated carbocycles. The summed E-state index contributed by atoms with van der Waals surface area (Å²) < 4.78 is 4.56. The number of ether oxygens (including phenoxy) is 1. The van der Waals surface area contributed by atoms with Crippen molar-refractivity contribution in [2.24, 2.45) is 0 Å². The molecule has 138 valence electrons. The first kappa shape index (κ1) is 24.4. The minimum Gasteiger partial charge on any atom is -0.463 e. The number of hydrogen-bond acceptors (Lipinski definition) is 3. The summed E-state index contributed by atoms with van der Waals surface area (Å²) in [7, 11) is 4.32. The van der Waals surface area contributed by atoms with Gasteiger partial charge in [0.25, 0.3) is 0 Å². The Morgan fingerprint density at radius 3 is 1.61 bits per heavy atom. The molecule has 0 saturated heterocycles. The Morgan fingerprint density at radius 1 is 0.870 bits per heavy atom. The van der Waals surface area contributed by atoms with Crippen molar-refractivity contribution in [2.45, 2.75) is 85.0 Å². The number of esters is 1. The van der Waals surface area contributed by atoms with Crippen LogP contribution in [0, 0.1) is 0 Å². The van der Waals surface area contributed by atoms with Crippen LogP contribution in [-0.2, 0) is 9.53 Å². The van der Waals surface area contributed by atoms with Gasteiger partial charge >= 0.3 is 5.97 Å². The maximum atomic E-state index is 10.4. The van der Waals surface area contributed by atoms with E-state index < -0.39 is 0 Å². The van der Waals surface area contributed by atoms with Crippen LogP contribution in [0.3, 0.4) is 0 Å². The molecule has 0 aliphatic heterocycles. The average Bonchev–Trinajstić information content (AvgIpc) is 2.49. The standard InChI is InChI=1S/C14H31N.C6H10O2/c1-4-5-6-7-8-9-10-11-12-13-14-15(2)3;1-4-8-6(7)5(2)3/h4-14H2,1-3H3;2,4H2,1,3H3. The highest BCUT2D eigenvalue weighted by Crippen LogP contribution is 2.10. The van der Waals surface area contributed by atoms with Crippen molar-refractivity contribution in [1.82, 2.24) is 4.90 Å². The normalized spacial score (nSPS) is 10.2. The minimum absolute atomic E-state index is 0.312. The first-order valence-electron chi connectivity index (χ1n) is 9.43. The third-order valence-electron chi connectivity index (χ3n) is 3.58. The van der Waals surface area contributed by atoms with Crippen molar-refractivity contribution in [1.29, 1.82) is 0 Å². The van der Waals surface area contributed by atoms with Crippen LogP contribution >= 0.6 is 0 Å². The highest BCUT2D eigenvalue weighted by molar-refractivity contribution is 5.86. The summed E-state index contributed by atoms with van der Waals surface area (Å²) in [5.41, 5.74) is 0.451. The Bertz CT molecular complexity index is 275. The van der Waals surface area contributed by atoms with E-state index in [1.165, 1.54) is 70.8 Å². The third-order valence-corrected chi connectivity index (χ3v) is 3.58. The van der Waals surface area contributed by atoms with Gasteiger partial charge in [-0.05, 0) is 40.9 Å². The van der Waals surface area contributed by atoms with Gasteiger partial charge in [-0.15, -0.1) is 0 Å². The minimum atomic E-state index is -0.312. The summed E-state index contributed by atoms with van der Waals surface area (Å²) in [5, 5.41) is 0. The molecule has 0 radical (unpaired) electrons. The molecule has 0 amide bonds. The van der Waals surface area contributed by atoms with Gasteiger partial charge in [-0.25, -0.2) is 4.79 Å². The van der Waals surface area contributed by atoms with Gasteiger partial charge in [0.05, 0.1) is 6.61 Å². The fourth-order valence-corrected chi connectivity index (χ4v) is 2.17. The summed E-state index contributed by atoms with van der Waals surface area (Å²) in [6.45, 7) is 10.8. The van der Waals surface area contributed by atoms with E-state index in [0.717, 1.165) is 0 Å². The molecule has 0 bridgehead atoms. The lowest BCUT2D eigenvalue weighted by molar-refractivity contribution is -0.138. The molecule has 3 nitrogen and oxygen atoms in total. The SMILES string of the molecule is C=C(C)C(=O)OCC.CCCCCCCCCCCCN(C)C. The molecule has 0 rings (SSSR count). The molecule has 0 aliphatic rings. The largest absolute Gasteiger partial charge is 0.463 e. The van der Waals surface area contributed by atoms with Crippen molar-refractivity contribution in [3.8, 4) is 0 Å². The van der Waals surface area contributed by atoms with E-state index in [9.17, 15) is 4.79 Å². The predicted molar refractivity (Wildman–Crippen MR) is 102 cm³/mol. The van der Waals surface area contributed by atoms with Crippen LogP contribution < -0.4 is 0 Å². The smallest absolute Gasteiger partial charge is 0.333 e. The molecule has 0 aliphatic carbocycles. The molecular formula is C20H41NO2. The second-order valence-electron chi connectivity index (χ2n) is 6.49. The molecule has 0 fully saturated rings. The molecule has 0 spiro atoms. The van der Waals surface area contributed by atoms with Gasteiger partial charge in [0.1, 0.15) is 0 Å². The lowest BCUT2D eigenvalue weighted by Gasteiger charge is -2.08. The van der Waals surface area contributed by atoms with E-state index >= 15 is 0 Å². The molecule has 0 unspecified atom stereocenters. The Morgan fingerprint density at radius 2 is 1.30 bits per heavy atom. The summed E-state index contributed by atoms with van der Waals surface area (Å²) in [6.07, 6.45) is 14.4. The molecule has 0 aromatic rings. The Labute approximate surface area is 145 Å². The lowest BCUT2D eigenvalue weighted by atomic mass is 10.1. The van der Waals surface area contributed by atoms with Crippen LogP contribution in [0.15, 0.2) is 12.2 Å². The number of carbonyl (C=O) groups excluding carboxylic acids is 1. The summed E-state index contributed by atoms with van der Waals surface area (Å²) >= 11 is 0. The molecule has 23 heavy (non-hydrogen) atoms. The van der Waals surface area contributed by atoms with Gasteiger partial charge in [-0.3, -0.25) is 0 Å². The van der Waals surface area contributed by atoms with Gasteiger partial charge < -0.3 is 9.64 Å². The van der Waals surface area contributed by atoms with Gasteiger partial charge in [-0.1, -0.05) is 71.3 Å². The first-order valence-corrected chi connectivity index (χ1v) is 9.43. The molecular weight excluding hydrogens is 286 g/mol.